The van der Waals surface area contributed by atoms with Gasteiger partial charge in [-0.25, -0.2) is 4.98 Å². The number of ether oxygens (including phenoxy) is 1. The second kappa shape index (κ2) is 4.62. The molecule has 0 saturated carbocycles. The molecule has 0 saturated heterocycles. The van der Waals surface area contributed by atoms with Gasteiger partial charge in [0.05, 0.1) is 24.0 Å². The molecule has 2 aliphatic rings. The molecule has 1 aromatic heterocycles. The zero-order chi connectivity index (χ0) is 15.4. The van der Waals surface area contributed by atoms with Crippen molar-refractivity contribution < 1.29 is 6.16 Å². The number of aromatic nitrogens is 2. The summed E-state index contributed by atoms with van der Waals surface area (Å²) in [4.78, 5) is 4.36. The molecule has 4 nitrogen and oxygen atoms in total. The molecule has 0 amide bonds. The van der Waals surface area contributed by atoms with E-state index in [4.69, 9.17) is 4.74 Å². The lowest BCUT2D eigenvalue weighted by atomic mass is 10.1. The molecule has 1 N–H and O–H groups in total. The molecule has 1 aliphatic heterocycles. The van der Waals surface area contributed by atoms with Crippen molar-refractivity contribution in [3.63, 3.8) is 0 Å². The van der Waals surface area contributed by atoms with Crippen molar-refractivity contribution in [2.24, 2.45) is 7.05 Å². The second-order valence-electron chi connectivity index (χ2n) is 6.08. The molecule has 1 radical (unpaired) electrons. The Labute approximate surface area is 135 Å². The maximum Gasteiger partial charge on any atom is 0.126 e. The van der Waals surface area contributed by atoms with Crippen molar-refractivity contribution in [1.29, 1.82) is 0 Å². The fourth-order valence-corrected chi connectivity index (χ4v) is 3.18. The Hall–Kier alpha value is -2.75. The van der Waals surface area contributed by atoms with Crippen LogP contribution in [0.5, 0.6) is 5.75 Å². The van der Waals surface area contributed by atoms with Gasteiger partial charge in [0.1, 0.15) is 5.75 Å². The molecule has 2 aromatic carbocycles. The van der Waals surface area contributed by atoms with Crippen LogP contribution < -0.4 is 10.1 Å². The number of imidazole rings is 1. The van der Waals surface area contributed by atoms with E-state index in [0.29, 0.717) is 0 Å². The molecular weight excluding hydrogens is 286 g/mol. The van der Waals surface area contributed by atoms with Gasteiger partial charge in [-0.05, 0) is 48.4 Å². The highest BCUT2D eigenvalue weighted by atomic mass is 16.5. The average Bonchev–Trinajstić information content (AvgIpc) is 3.26. The highest BCUT2D eigenvalue weighted by Gasteiger charge is 2.31. The van der Waals surface area contributed by atoms with Gasteiger partial charge in [-0.3, -0.25) is 0 Å². The first-order valence-electron chi connectivity index (χ1n) is 7.81. The number of aryl methyl sites for hydroxylation is 1. The minimum atomic E-state index is 0. The van der Waals surface area contributed by atoms with E-state index in [1.165, 1.54) is 17.1 Å². The number of nitrogens with zero attached hydrogens (tertiary/aromatic N) is 2. The number of hydrogen-bond acceptors (Lipinski definition) is 3. The van der Waals surface area contributed by atoms with Crippen molar-refractivity contribution >= 4 is 28.0 Å². The number of hydrogen-bond donors (Lipinski definition) is 1. The van der Waals surface area contributed by atoms with Crippen molar-refractivity contribution in [3.05, 3.63) is 60.3 Å². The highest BCUT2D eigenvalue weighted by Crippen LogP contribution is 2.49. The molecule has 0 spiro atoms. The van der Waals surface area contributed by atoms with Gasteiger partial charge < -0.3 is 14.6 Å². The zero-order valence-corrected chi connectivity index (χ0v) is 12.8. The fraction of sp³-hybridized carbons (Fsp3) is 0.158. The third-order valence-electron chi connectivity index (χ3n) is 4.49. The largest absolute Gasteiger partial charge is 0.493 e. The van der Waals surface area contributed by atoms with E-state index >= 15 is 0 Å². The summed E-state index contributed by atoms with van der Waals surface area (Å²) in [5.41, 5.74) is 6.81. The van der Waals surface area contributed by atoms with Crippen LogP contribution in [-0.2, 0) is 7.05 Å². The Morgan fingerprint density at radius 3 is 3.00 bits per heavy atom. The third kappa shape index (κ3) is 2.10. The maximum absolute atomic E-state index is 5.82. The SMILES string of the molecule is Cn1cnc2ccc(Nc3ccc4c(c3)C3=C[C]3CCO4)cc21.[HH]. The van der Waals surface area contributed by atoms with Crippen molar-refractivity contribution in [2.75, 3.05) is 11.9 Å². The summed E-state index contributed by atoms with van der Waals surface area (Å²) in [6.45, 7) is 0.770. The Kier molecular flexibility index (Phi) is 2.56. The van der Waals surface area contributed by atoms with E-state index in [2.05, 4.69) is 46.7 Å². The first kappa shape index (κ1) is 12.8. The van der Waals surface area contributed by atoms with Crippen LogP contribution in [0, 0.1) is 5.92 Å². The van der Waals surface area contributed by atoms with Gasteiger partial charge in [-0.1, -0.05) is 6.08 Å². The summed E-state index contributed by atoms with van der Waals surface area (Å²) < 4.78 is 7.85. The van der Waals surface area contributed by atoms with Crippen LogP contribution >= 0.6 is 0 Å². The summed E-state index contributed by atoms with van der Waals surface area (Å²) in [6.07, 6.45) is 5.11. The monoisotopic (exact) mass is 304 g/mol. The minimum Gasteiger partial charge on any atom is -0.493 e. The Morgan fingerprint density at radius 2 is 2.04 bits per heavy atom. The second-order valence-corrected chi connectivity index (χ2v) is 6.08. The third-order valence-corrected chi connectivity index (χ3v) is 4.49. The van der Waals surface area contributed by atoms with E-state index in [9.17, 15) is 0 Å². The lowest BCUT2D eigenvalue weighted by molar-refractivity contribution is 0.323. The van der Waals surface area contributed by atoms with Gasteiger partial charge >= 0.3 is 0 Å². The molecular formula is C19H18N3O. The topological polar surface area (TPSA) is 39.1 Å². The lowest BCUT2D eigenvalue weighted by Crippen LogP contribution is -1.97. The quantitative estimate of drug-likeness (QED) is 0.766. The first-order chi connectivity index (χ1) is 11.3. The van der Waals surface area contributed by atoms with Gasteiger partial charge in [0.2, 0.25) is 0 Å². The van der Waals surface area contributed by atoms with Crippen LogP contribution in [0.15, 0.2) is 48.8 Å². The molecule has 0 fully saturated rings. The van der Waals surface area contributed by atoms with E-state index < -0.39 is 0 Å². The van der Waals surface area contributed by atoms with Crippen LogP contribution in [-0.4, -0.2) is 16.2 Å². The smallest absolute Gasteiger partial charge is 0.126 e. The Morgan fingerprint density at radius 1 is 1.17 bits per heavy atom. The molecule has 0 bridgehead atoms. The molecule has 23 heavy (non-hydrogen) atoms. The van der Waals surface area contributed by atoms with Gasteiger partial charge in [0.15, 0.2) is 0 Å². The summed E-state index contributed by atoms with van der Waals surface area (Å²) in [6, 6.07) is 12.5. The van der Waals surface area contributed by atoms with Crippen LogP contribution in [0.3, 0.4) is 0 Å². The predicted molar refractivity (Wildman–Crippen MR) is 93.9 cm³/mol. The maximum atomic E-state index is 5.82. The number of benzene rings is 2. The lowest BCUT2D eigenvalue weighted by Gasteiger charge is -2.11. The molecule has 2 heterocycles. The summed E-state index contributed by atoms with van der Waals surface area (Å²) in [5, 5.41) is 3.49. The average molecular weight is 304 g/mol. The Bertz CT molecular complexity index is 960. The van der Waals surface area contributed by atoms with Crippen LogP contribution in [0.2, 0.25) is 0 Å². The van der Waals surface area contributed by atoms with Gasteiger partial charge in [-0.15, -0.1) is 0 Å². The number of fused-ring (bicyclic) bond motifs is 4. The van der Waals surface area contributed by atoms with Gasteiger partial charge in [-0.2, -0.15) is 0 Å². The molecule has 4 heteroatoms. The summed E-state index contributed by atoms with van der Waals surface area (Å²) in [5.74, 6) is 2.41. The number of anilines is 2. The Balaban J connectivity index is 0.00000146. The van der Waals surface area contributed by atoms with E-state index in [1.807, 2.05) is 24.0 Å². The zero-order valence-electron chi connectivity index (χ0n) is 12.8. The van der Waals surface area contributed by atoms with E-state index in [1.54, 1.807) is 0 Å². The highest BCUT2D eigenvalue weighted by molar-refractivity contribution is 5.96. The summed E-state index contributed by atoms with van der Waals surface area (Å²) >= 11 is 0. The number of nitrogens with one attached hydrogen (secondary N) is 1. The van der Waals surface area contributed by atoms with Crippen LogP contribution in [0.4, 0.5) is 11.4 Å². The first-order valence-corrected chi connectivity index (χ1v) is 7.81. The molecule has 0 unspecified atom stereocenters. The molecule has 5 rings (SSSR count). The minimum absolute atomic E-state index is 0. The van der Waals surface area contributed by atoms with Gasteiger partial charge in [0, 0.05) is 31.3 Å². The van der Waals surface area contributed by atoms with Gasteiger partial charge in [0.25, 0.3) is 0 Å². The molecule has 0 atom stereocenters. The van der Waals surface area contributed by atoms with E-state index in [0.717, 1.165) is 41.2 Å². The summed E-state index contributed by atoms with van der Waals surface area (Å²) in [7, 11) is 2.01. The normalized spacial score (nSPS) is 16.1. The number of rotatable bonds is 2. The number of allylic oxidation sites excluding steroid dienone is 2. The molecule has 1 aliphatic carbocycles. The standard InChI is InChI=1S/C19H16N3O.H2/c1-22-11-20-17-4-2-14(10-18(17)22)21-13-3-5-19-16(9-13)15-8-12(15)6-7-23-19;/h2-5,8-11,21H,6-7H2,1H3;1H. The molecule has 115 valence electrons. The fourth-order valence-electron chi connectivity index (χ4n) is 3.18. The van der Waals surface area contributed by atoms with Crippen molar-refractivity contribution in [3.8, 4) is 5.75 Å². The van der Waals surface area contributed by atoms with Crippen molar-refractivity contribution in [2.45, 2.75) is 6.42 Å². The molecule has 3 aromatic rings. The van der Waals surface area contributed by atoms with Crippen LogP contribution in [0.1, 0.15) is 13.4 Å². The predicted octanol–water partition coefficient (Wildman–Crippen LogP) is 4.32. The van der Waals surface area contributed by atoms with Crippen molar-refractivity contribution in [1.82, 2.24) is 9.55 Å². The van der Waals surface area contributed by atoms with E-state index in [-0.39, 0.29) is 1.43 Å². The van der Waals surface area contributed by atoms with Crippen LogP contribution in [0.25, 0.3) is 16.6 Å².